The van der Waals surface area contributed by atoms with E-state index in [-0.39, 0.29) is 0 Å². The zero-order valence-electron chi connectivity index (χ0n) is 11.8. The highest BCUT2D eigenvalue weighted by Crippen LogP contribution is 2.34. The van der Waals surface area contributed by atoms with Gasteiger partial charge in [0.15, 0.2) is 10.8 Å². The van der Waals surface area contributed by atoms with E-state index in [0.29, 0.717) is 11.1 Å². The molecule has 0 aliphatic carbocycles. The van der Waals surface area contributed by atoms with Crippen LogP contribution in [0.3, 0.4) is 0 Å². The minimum Gasteiger partial charge on any atom is -0.468 e. The molecule has 0 amide bonds. The van der Waals surface area contributed by atoms with E-state index >= 15 is 0 Å². The Morgan fingerprint density at radius 1 is 0.864 bits per heavy atom. The summed E-state index contributed by atoms with van der Waals surface area (Å²) in [4.78, 5) is 22.9. The zero-order valence-corrected chi connectivity index (χ0v) is 14.8. The Morgan fingerprint density at radius 2 is 1.23 bits per heavy atom. The van der Waals surface area contributed by atoms with Gasteiger partial charge in [-0.1, -0.05) is 24.3 Å². The average molecular weight is 388 g/mol. The lowest BCUT2D eigenvalue weighted by Gasteiger charge is -2.18. The lowest BCUT2D eigenvalue weighted by Crippen LogP contribution is -2.22. The van der Waals surface area contributed by atoms with Crippen molar-refractivity contribution in [2.75, 3.05) is 14.2 Å². The van der Waals surface area contributed by atoms with Crippen molar-refractivity contribution in [3.8, 4) is 0 Å². The summed E-state index contributed by atoms with van der Waals surface area (Å²) in [6.07, 6.45) is 0. The zero-order chi connectivity index (χ0) is 16.9. The highest BCUT2D eigenvalue weighted by molar-refractivity contribution is 6.37. The molecular formula is C14H14Cl4O4. The van der Waals surface area contributed by atoms with Crippen LogP contribution in [0.4, 0.5) is 0 Å². The highest BCUT2D eigenvalue weighted by Gasteiger charge is 2.30. The maximum Gasteiger partial charge on any atom is 0.325 e. The normalized spacial score (nSPS) is 16.3. The number of hydrogen-bond donors (Lipinski definition) is 0. The van der Waals surface area contributed by atoms with Gasteiger partial charge in [-0.15, -0.1) is 46.4 Å². The largest absolute Gasteiger partial charge is 0.468 e. The van der Waals surface area contributed by atoms with Gasteiger partial charge in [-0.2, -0.15) is 0 Å². The molecule has 4 unspecified atom stereocenters. The number of alkyl halides is 4. The molecule has 4 atom stereocenters. The third kappa shape index (κ3) is 4.66. The maximum atomic E-state index is 11.4. The summed E-state index contributed by atoms with van der Waals surface area (Å²) in [6.45, 7) is 0. The fraction of sp³-hybridized carbons (Fsp3) is 0.429. The maximum absolute atomic E-state index is 11.4. The predicted octanol–water partition coefficient (Wildman–Crippen LogP) is 3.81. The van der Waals surface area contributed by atoms with Crippen LogP contribution in [-0.4, -0.2) is 36.9 Å². The van der Waals surface area contributed by atoms with Crippen LogP contribution in [-0.2, 0) is 19.1 Å². The van der Waals surface area contributed by atoms with Crippen molar-refractivity contribution in [2.24, 2.45) is 0 Å². The molecule has 0 fully saturated rings. The van der Waals surface area contributed by atoms with E-state index < -0.39 is 33.4 Å². The van der Waals surface area contributed by atoms with Gasteiger partial charge in [0.25, 0.3) is 0 Å². The van der Waals surface area contributed by atoms with Crippen LogP contribution >= 0.6 is 46.4 Å². The molecule has 8 heteroatoms. The number of halogens is 4. The molecule has 0 aromatic heterocycles. The fourth-order valence-corrected chi connectivity index (χ4v) is 2.65. The van der Waals surface area contributed by atoms with E-state index in [0.717, 1.165) is 0 Å². The molecule has 0 heterocycles. The van der Waals surface area contributed by atoms with Crippen LogP contribution in [0.25, 0.3) is 0 Å². The summed E-state index contributed by atoms with van der Waals surface area (Å²) in [5.41, 5.74) is 1.12. The molecule has 22 heavy (non-hydrogen) atoms. The van der Waals surface area contributed by atoms with Crippen LogP contribution in [0, 0.1) is 0 Å². The SMILES string of the molecule is COC(=O)C(Cl)C(Cl)c1cccc(C(Cl)C(Cl)C(=O)OC)c1. The number of rotatable bonds is 6. The van der Waals surface area contributed by atoms with Crippen LogP contribution in [0.15, 0.2) is 24.3 Å². The van der Waals surface area contributed by atoms with Gasteiger partial charge in [0, 0.05) is 0 Å². The number of carbonyl (C=O) groups is 2. The second-order valence-electron chi connectivity index (χ2n) is 4.32. The fourth-order valence-electron chi connectivity index (χ4n) is 1.70. The molecule has 122 valence electrons. The smallest absolute Gasteiger partial charge is 0.325 e. The Balaban J connectivity index is 2.99. The second-order valence-corrected chi connectivity index (χ2v) is 6.20. The van der Waals surface area contributed by atoms with Gasteiger partial charge in [-0.3, -0.25) is 9.59 Å². The standard InChI is InChI=1S/C14H14Cl4O4/c1-21-13(19)11(17)9(15)7-4-3-5-8(6-7)10(16)12(18)14(20)22-2/h3-6,9-12H,1-2H3. The molecule has 0 spiro atoms. The summed E-state index contributed by atoms with van der Waals surface area (Å²) in [5, 5.41) is -3.74. The van der Waals surface area contributed by atoms with E-state index in [9.17, 15) is 9.59 Å². The van der Waals surface area contributed by atoms with Crippen molar-refractivity contribution in [1.29, 1.82) is 0 Å². The number of carbonyl (C=O) groups excluding carboxylic acids is 2. The van der Waals surface area contributed by atoms with Crippen molar-refractivity contribution in [1.82, 2.24) is 0 Å². The molecule has 1 aromatic carbocycles. The van der Waals surface area contributed by atoms with Crippen LogP contribution in [0.2, 0.25) is 0 Å². The summed E-state index contributed by atoms with van der Waals surface area (Å²) in [7, 11) is 2.45. The molecule has 0 N–H and O–H groups in total. The van der Waals surface area contributed by atoms with Crippen molar-refractivity contribution in [2.45, 2.75) is 21.5 Å². The predicted molar refractivity (Wildman–Crippen MR) is 86.9 cm³/mol. The lowest BCUT2D eigenvalue weighted by molar-refractivity contribution is -0.141. The first kappa shape index (κ1) is 19.4. The molecule has 0 aliphatic heterocycles. The first-order chi connectivity index (χ1) is 10.3. The Hall–Kier alpha value is -0.680. The highest BCUT2D eigenvalue weighted by atomic mass is 35.5. The Bertz CT molecular complexity index is 494. The van der Waals surface area contributed by atoms with Gasteiger partial charge in [0.05, 0.1) is 25.0 Å². The van der Waals surface area contributed by atoms with Crippen LogP contribution < -0.4 is 0 Å². The number of benzene rings is 1. The average Bonchev–Trinajstić information content (AvgIpc) is 2.57. The quantitative estimate of drug-likeness (QED) is 0.550. The van der Waals surface area contributed by atoms with Gasteiger partial charge >= 0.3 is 11.9 Å². The Kier molecular flexibility index (Phi) is 7.77. The van der Waals surface area contributed by atoms with E-state index in [1.54, 1.807) is 24.3 Å². The molecule has 0 saturated carbocycles. The van der Waals surface area contributed by atoms with E-state index in [4.69, 9.17) is 46.4 Å². The van der Waals surface area contributed by atoms with Crippen LogP contribution in [0.5, 0.6) is 0 Å². The second kappa shape index (κ2) is 8.82. The molecule has 0 radical (unpaired) electrons. The molecule has 0 bridgehead atoms. The number of esters is 2. The number of hydrogen-bond acceptors (Lipinski definition) is 4. The van der Waals surface area contributed by atoms with Crippen molar-refractivity contribution < 1.29 is 19.1 Å². The Morgan fingerprint density at radius 3 is 1.55 bits per heavy atom. The molecule has 1 rings (SSSR count). The van der Waals surface area contributed by atoms with E-state index in [1.807, 2.05) is 0 Å². The molecule has 4 nitrogen and oxygen atoms in total. The number of ether oxygens (including phenoxy) is 2. The molecule has 0 aliphatic rings. The molecular weight excluding hydrogens is 374 g/mol. The van der Waals surface area contributed by atoms with Crippen molar-refractivity contribution in [3.63, 3.8) is 0 Å². The first-order valence-electron chi connectivity index (χ1n) is 6.15. The first-order valence-corrected chi connectivity index (χ1v) is 7.89. The van der Waals surface area contributed by atoms with Gasteiger partial charge in [0.2, 0.25) is 0 Å². The molecule has 1 aromatic rings. The van der Waals surface area contributed by atoms with Crippen LogP contribution in [0.1, 0.15) is 21.9 Å². The summed E-state index contributed by atoms with van der Waals surface area (Å²) < 4.78 is 9.11. The number of methoxy groups -OCH3 is 2. The minimum atomic E-state index is -1.05. The topological polar surface area (TPSA) is 52.6 Å². The van der Waals surface area contributed by atoms with Gasteiger partial charge in [-0.05, 0) is 11.1 Å². The molecule has 0 saturated heterocycles. The van der Waals surface area contributed by atoms with Gasteiger partial charge in [-0.25, -0.2) is 0 Å². The van der Waals surface area contributed by atoms with Gasteiger partial charge in [0.1, 0.15) is 0 Å². The van der Waals surface area contributed by atoms with E-state index in [1.165, 1.54) is 14.2 Å². The lowest BCUT2D eigenvalue weighted by atomic mass is 10.0. The minimum absolute atomic E-state index is 0.559. The summed E-state index contributed by atoms with van der Waals surface area (Å²) >= 11 is 24.2. The third-order valence-electron chi connectivity index (χ3n) is 2.91. The Labute approximate surface area is 148 Å². The van der Waals surface area contributed by atoms with Crippen molar-refractivity contribution in [3.05, 3.63) is 35.4 Å². The third-order valence-corrected chi connectivity index (χ3v) is 5.04. The van der Waals surface area contributed by atoms with Gasteiger partial charge < -0.3 is 9.47 Å². The summed E-state index contributed by atoms with van der Waals surface area (Å²) in [6, 6.07) is 6.68. The van der Waals surface area contributed by atoms with Crippen molar-refractivity contribution >= 4 is 58.3 Å². The van der Waals surface area contributed by atoms with E-state index in [2.05, 4.69) is 9.47 Å². The monoisotopic (exact) mass is 386 g/mol. The summed E-state index contributed by atoms with van der Waals surface area (Å²) in [5.74, 6) is -1.28.